The number of hydrogen-bond acceptors (Lipinski definition) is 3. The molecule has 0 heterocycles. The number of phenols is 1. The second kappa shape index (κ2) is 4.94. The Balaban J connectivity index is 3.05. The van der Waals surface area contributed by atoms with Gasteiger partial charge in [0.2, 0.25) is 0 Å². The molecule has 1 unspecified atom stereocenters. The van der Waals surface area contributed by atoms with Crippen LogP contribution >= 0.6 is 0 Å². The molecule has 1 rings (SSSR count). The fourth-order valence-electron chi connectivity index (χ4n) is 1.22. The van der Waals surface area contributed by atoms with E-state index in [1.807, 2.05) is 0 Å². The van der Waals surface area contributed by atoms with E-state index in [2.05, 4.69) is 0 Å². The van der Waals surface area contributed by atoms with Crippen LogP contribution in [-0.4, -0.2) is 40.7 Å². The molecule has 16 heavy (non-hydrogen) atoms. The Bertz CT molecular complexity index is 375. The zero-order chi connectivity index (χ0) is 12.3. The van der Waals surface area contributed by atoms with Gasteiger partial charge < -0.3 is 15.1 Å². The van der Waals surface area contributed by atoms with Crippen molar-refractivity contribution in [2.45, 2.75) is 13.0 Å². The Morgan fingerprint density at radius 1 is 1.56 bits per heavy atom. The minimum absolute atomic E-state index is 0.225. The molecule has 0 bridgehead atoms. The van der Waals surface area contributed by atoms with E-state index in [9.17, 15) is 14.3 Å². The number of amides is 1. The topological polar surface area (TPSA) is 60.8 Å². The lowest BCUT2D eigenvalue weighted by atomic mass is 10.1. The second-order valence-electron chi connectivity index (χ2n) is 3.58. The maximum absolute atomic E-state index is 13.4. The van der Waals surface area contributed by atoms with Gasteiger partial charge in [-0.15, -0.1) is 0 Å². The average Bonchev–Trinajstić information content (AvgIpc) is 2.26. The Morgan fingerprint density at radius 3 is 2.69 bits per heavy atom. The van der Waals surface area contributed by atoms with E-state index in [4.69, 9.17) is 5.11 Å². The van der Waals surface area contributed by atoms with Crippen LogP contribution in [0.15, 0.2) is 18.2 Å². The zero-order valence-electron chi connectivity index (χ0n) is 9.14. The third kappa shape index (κ3) is 2.30. The van der Waals surface area contributed by atoms with Crippen LogP contribution in [0.2, 0.25) is 0 Å². The Kier molecular flexibility index (Phi) is 3.84. The van der Waals surface area contributed by atoms with Gasteiger partial charge in [-0.3, -0.25) is 4.79 Å². The number of benzene rings is 1. The smallest absolute Gasteiger partial charge is 0.260 e. The maximum atomic E-state index is 13.4. The number of nitrogens with zero attached hydrogens (tertiary/aromatic N) is 1. The van der Waals surface area contributed by atoms with Crippen molar-refractivity contribution in [2.75, 3.05) is 13.7 Å². The number of likely N-dealkylation sites (N-methyl/N-ethyl adjacent to an activating group) is 1. The van der Waals surface area contributed by atoms with Crippen LogP contribution in [0.3, 0.4) is 0 Å². The summed E-state index contributed by atoms with van der Waals surface area (Å²) in [5.74, 6) is -1.83. The highest BCUT2D eigenvalue weighted by Crippen LogP contribution is 2.21. The van der Waals surface area contributed by atoms with Crippen LogP contribution in [0.5, 0.6) is 5.75 Å². The van der Waals surface area contributed by atoms with E-state index in [0.29, 0.717) is 0 Å². The Labute approximate surface area is 92.9 Å². The fourth-order valence-corrected chi connectivity index (χ4v) is 1.22. The largest absolute Gasteiger partial charge is 0.507 e. The molecule has 5 heteroatoms. The van der Waals surface area contributed by atoms with Gasteiger partial charge in [-0.1, -0.05) is 6.07 Å². The first-order valence-electron chi connectivity index (χ1n) is 4.84. The first kappa shape index (κ1) is 12.4. The van der Waals surface area contributed by atoms with Crippen molar-refractivity contribution in [1.82, 2.24) is 4.90 Å². The first-order chi connectivity index (χ1) is 7.49. The van der Waals surface area contributed by atoms with Crippen LogP contribution in [0.25, 0.3) is 0 Å². The third-order valence-corrected chi connectivity index (χ3v) is 2.45. The highest BCUT2D eigenvalue weighted by atomic mass is 19.1. The van der Waals surface area contributed by atoms with Gasteiger partial charge in [0, 0.05) is 7.05 Å². The van der Waals surface area contributed by atoms with Crippen molar-refractivity contribution in [2.24, 2.45) is 0 Å². The molecule has 1 atom stereocenters. The first-order valence-corrected chi connectivity index (χ1v) is 4.84. The van der Waals surface area contributed by atoms with Gasteiger partial charge in [-0.05, 0) is 19.1 Å². The predicted octanol–water partition coefficient (Wildman–Crippen LogP) is 0.984. The van der Waals surface area contributed by atoms with E-state index >= 15 is 0 Å². The van der Waals surface area contributed by atoms with E-state index in [0.717, 1.165) is 6.07 Å². The number of aliphatic hydroxyl groups excluding tert-OH is 1. The summed E-state index contributed by atoms with van der Waals surface area (Å²) in [5, 5.41) is 18.3. The standard InChI is InChI=1S/C11H14FNO3/c1-7(6-14)13(2)11(16)10-8(12)4-3-5-9(10)15/h3-5,7,14-15H,6H2,1-2H3. The molecule has 1 aromatic carbocycles. The zero-order valence-corrected chi connectivity index (χ0v) is 9.14. The summed E-state index contributed by atoms with van der Waals surface area (Å²) in [7, 11) is 1.44. The molecule has 0 fully saturated rings. The van der Waals surface area contributed by atoms with Gasteiger partial charge in [0.25, 0.3) is 5.91 Å². The van der Waals surface area contributed by atoms with Crippen molar-refractivity contribution in [3.63, 3.8) is 0 Å². The van der Waals surface area contributed by atoms with Crippen molar-refractivity contribution >= 4 is 5.91 Å². The van der Waals surface area contributed by atoms with Crippen molar-refractivity contribution in [1.29, 1.82) is 0 Å². The molecule has 0 aliphatic heterocycles. The van der Waals surface area contributed by atoms with Gasteiger partial charge in [-0.25, -0.2) is 4.39 Å². The number of halogens is 1. The summed E-state index contributed by atoms with van der Waals surface area (Å²) in [6.07, 6.45) is 0. The Hall–Kier alpha value is -1.62. The summed E-state index contributed by atoms with van der Waals surface area (Å²) in [6, 6.07) is 3.22. The van der Waals surface area contributed by atoms with E-state index in [1.54, 1.807) is 6.92 Å². The maximum Gasteiger partial charge on any atom is 0.260 e. The number of rotatable bonds is 3. The van der Waals surface area contributed by atoms with E-state index < -0.39 is 23.5 Å². The minimum Gasteiger partial charge on any atom is -0.507 e. The van der Waals surface area contributed by atoms with Gasteiger partial charge in [0.15, 0.2) is 0 Å². The van der Waals surface area contributed by atoms with Crippen molar-refractivity contribution < 1.29 is 19.4 Å². The SMILES string of the molecule is CC(CO)N(C)C(=O)c1c(O)cccc1F. The molecule has 1 aromatic rings. The highest BCUT2D eigenvalue weighted by molar-refractivity contribution is 5.97. The third-order valence-electron chi connectivity index (χ3n) is 2.45. The summed E-state index contributed by atoms with van der Waals surface area (Å²) in [6.45, 7) is 1.40. The molecule has 88 valence electrons. The van der Waals surface area contributed by atoms with Crippen LogP contribution in [-0.2, 0) is 0 Å². The molecule has 0 aliphatic rings. The summed E-state index contributed by atoms with van der Waals surface area (Å²) < 4.78 is 13.4. The van der Waals surface area contributed by atoms with Crippen molar-refractivity contribution in [3.8, 4) is 5.75 Å². The quantitative estimate of drug-likeness (QED) is 0.809. The lowest BCUT2D eigenvalue weighted by molar-refractivity contribution is 0.0674. The predicted molar refractivity (Wildman–Crippen MR) is 56.7 cm³/mol. The number of carbonyl (C=O) groups is 1. The number of aliphatic hydroxyl groups is 1. The summed E-state index contributed by atoms with van der Waals surface area (Å²) >= 11 is 0. The van der Waals surface area contributed by atoms with Gasteiger partial charge in [-0.2, -0.15) is 0 Å². The molecule has 2 N–H and O–H groups in total. The van der Waals surface area contributed by atoms with Crippen molar-refractivity contribution in [3.05, 3.63) is 29.6 Å². The van der Waals surface area contributed by atoms with Crippen LogP contribution < -0.4 is 0 Å². The number of hydrogen-bond donors (Lipinski definition) is 2. The second-order valence-corrected chi connectivity index (χ2v) is 3.58. The normalized spacial score (nSPS) is 12.2. The van der Waals surface area contributed by atoms with E-state index in [1.165, 1.54) is 24.1 Å². The monoisotopic (exact) mass is 227 g/mol. The molecule has 4 nitrogen and oxygen atoms in total. The van der Waals surface area contributed by atoms with Gasteiger partial charge >= 0.3 is 0 Å². The van der Waals surface area contributed by atoms with Crippen LogP contribution in [0, 0.1) is 5.82 Å². The molecular formula is C11H14FNO3. The molecule has 0 saturated carbocycles. The van der Waals surface area contributed by atoms with Gasteiger partial charge in [0.1, 0.15) is 17.1 Å². The van der Waals surface area contributed by atoms with Crippen LogP contribution in [0.4, 0.5) is 4.39 Å². The Morgan fingerprint density at radius 2 is 2.19 bits per heavy atom. The lowest BCUT2D eigenvalue weighted by Gasteiger charge is -2.23. The van der Waals surface area contributed by atoms with Gasteiger partial charge in [0.05, 0.1) is 12.6 Å². The fraction of sp³-hybridized carbons (Fsp3) is 0.364. The van der Waals surface area contributed by atoms with E-state index in [-0.39, 0.29) is 12.2 Å². The minimum atomic E-state index is -0.776. The molecule has 0 aromatic heterocycles. The molecule has 0 radical (unpaired) electrons. The number of carbonyl (C=O) groups excluding carboxylic acids is 1. The number of aromatic hydroxyl groups is 1. The molecule has 0 saturated heterocycles. The number of phenolic OH excluding ortho intramolecular Hbond substituents is 1. The average molecular weight is 227 g/mol. The molecule has 0 aliphatic carbocycles. The highest BCUT2D eigenvalue weighted by Gasteiger charge is 2.22. The summed E-state index contributed by atoms with van der Waals surface area (Å²) in [5.41, 5.74) is -0.370. The molecule has 1 amide bonds. The lowest BCUT2D eigenvalue weighted by Crippen LogP contribution is -2.37. The summed E-state index contributed by atoms with van der Waals surface area (Å²) in [4.78, 5) is 13.0. The molecular weight excluding hydrogens is 213 g/mol. The molecule has 0 spiro atoms. The van der Waals surface area contributed by atoms with Crippen LogP contribution in [0.1, 0.15) is 17.3 Å².